The van der Waals surface area contributed by atoms with E-state index in [0.29, 0.717) is 12.1 Å². The number of rotatable bonds is 5. The van der Waals surface area contributed by atoms with Crippen LogP contribution in [0.25, 0.3) is 0 Å². The van der Waals surface area contributed by atoms with Crippen LogP contribution in [0.15, 0.2) is 48.8 Å². The van der Waals surface area contributed by atoms with Crippen LogP contribution in [0.1, 0.15) is 28.4 Å². The lowest BCUT2D eigenvalue weighted by molar-refractivity contribution is -0.122. The maximum Gasteiger partial charge on any atom is 0.251 e. The maximum absolute atomic E-state index is 12.1. The third kappa shape index (κ3) is 4.41. The molecule has 0 aliphatic heterocycles. The molecule has 1 atom stereocenters. The first-order chi connectivity index (χ1) is 10.6. The van der Waals surface area contributed by atoms with Gasteiger partial charge in [0.2, 0.25) is 5.91 Å². The first-order valence-corrected chi connectivity index (χ1v) is 7.10. The molecular formula is C17H19N3O2. The first kappa shape index (κ1) is 15.7. The standard InChI is InChI=1S/C17H19N3O2/c1-12-5-3-7-15(9-12)17(22)20-13(2)16(21)19-11-14-6-4-8-18-10-14/h3-10,13H,11H2,1-2H3,(H,19,21)(H,20,22)/t13-/m0/s1. The molecule has 22 heavy (non-hydrogen) atoms. The SMILES string of the molecule is Cc1cccc(C(=O)N[C@@H](C)C(=O)NCc2cccnc2)c1. The zero-order valence-electron chi connectivity index (χ0n) is 12.7. The van der Waals surface area contributed by atoms with Crippen molar-refractivity contribution in [3.05, 3.63) is 65.5 Å². The number of aryl methyl sites for hydroxylation is 1. The van der Waals surface area contributed by atoms with Crippen molar-refractivity contribution in [3.63, 3.8) is 0 Å². The molecular weight excluding hydrogens is 278 g/mol. The molecule has 2 N–H and O–H groups in total. The Hall–Kier alpha value is -2.69. The first-order valence-electron chi connectivity index (χ1n) is 7.10. The average molecular weight is 297 g/mol. The monoisotopic (exact) mass is 297 g/mol. The molecule has 0 saturated heterocycles. The predicted molar refractivity (Wildman–Crippen MR) is 84.2 cm³/mol. The van der Waals surface area contributed by atoms with Gasteiger partial charge in [0, 0.05) is 24.5 Å². The van der Waals surface area contributed by atoms with E-state index in [4.69, 9.17) is 0 Å². The Morgan fingerprint density at radius 1 is 1.23 bits per heavy atom. The number of nitrogens with zero attached hydrogens (tertiary/aromatic N) is 1. The molecule has 0 bridgehead atoms. The smallest absolute Gasteiger partial charge is 0.251 e. The Labute approximate surface area is 129 Å². The second kappa shape index (κ2) is 7.36. The van der Waals surface area contributed by atoms with Gasteiger partial charge in [-0.15, -0.1) is 0 Å². The largest absolute Gasteiger partial charge is 0.350 e. The van der Waals surface area contributed by atoms with Crippen molar-refractivity contribution in [2.75, 3.05) is 0 Å². The Kier molecular flexibility index (Phi) is 5.25. The molecule has 0 spiro atoms. The quantitative estimate of drug-likeness (QED) is 0.884. The fourth-order valence-electron chi connectivity index (χ4n) is 1.98. The second-order valence-corrected chi connectivity index (χ2v) is 5.14. The lowest BCUT2D eigenvalue weighted by Gasteiger charge is -2.14. The zero-order valence-corrected chi connectivity index (χ0v) is 12.7. The molecule has 0 unspecified atom stereocenters. The van der Waals surface area contributed by atoms with Crippen molar-refractivity contribution in [2.24, 2.45) is 0 Å². The summed E-state index contributed by atoms with van der Waals surface area (Å²) in [4.78, 5) is 28.1. The van der Waals surface area contributed by atoms with Gasteiger partial charge in [-0.2, -0.15) is 0 Å². The highest BCUT2D eigenvalue weighted by atomic mass is 16.2. The Bertz CT molecular complexity index is 656. The summed E-state index contributed by atoms with van der Waals surface area (Å²) in [5, 5.41) is 5.47. The van der Waals surface area contributed by atoms with Crippen LogP contribution < -0.4 is 10.6 Å². The van der Waals surface area contributed by atoms with Crippen LogP contribution in [-0.4, -0.2) is 22.8 Å². The lowest BCUT2D eigenvalue weighted by Crippen LogP contribution is -2.44. The van der Waals surface area contributed by atoms with Crippen LogP contribution in [0.4, 0.5) is 0 Å². The van der Waals surface area contributed by atoms with Crippen molar-refractivity contribution in [2.45, 2.75) is 26.4 Å². The zero-order chi connectivity index (χ0) is 15.9. The van der Waals surface area contributed by atoms with E-state index in [2.05, 4.69) is 15.6 Å². The van der Waals surface area contributed by atoms with Gasteiger partial charge in [-0.1, -0.05) is 23.8 Å². The van der Waals surface area contributed by atoms with Gasteiger partial charge in [-0.3, -0.25) is 14.6 Å². The molecule has 1 aromatic carbocycles. The van der Waals surface area contributed by atoms with Crippen molar-refractivity contribution in [1.82, 2.24) is 15.6 Å². The molecule has 114 valence electrons. The summed E-state index contributed by atoms with van der Waals surface area (Å²) in [7, 11) is 0. The van der Waals surface area contributed by atoms with Gasteiger partial charge in [0.05, 0.1) is 0 Å². The molecule has 5 nitrogen and oxygen atoms in total. The molecule has 0 aliphatic rings. The summed E-state index contributed by atoms with van der Waals surface area (Å²) in [5.41, 5.74) is 2.46. The normalized spacial score (nSPS) is 11.5. The maximum atomic E-state index is 12.1. The Balaban J connectivity index is 1.87. The van der Waals surface area contributed by atoms with E-state index in [1.54, 1.807) is 31.5 Å². The number of benzene rings is 1. The van der Waals surface area contributed by atoms with Crippen molar-refractivity contribution in [1.29, 1.82) is 0 Å². The highest BCUT2D eigenvalue weighted by Crippen LogP contribution is 2.04. The number of hydrogen-bond acceptors (Lipinski definition) is 3. The topological polar surface area (TPSA) is 71.1 Å². The number of carbonyl (C=O) groups excluding carboxylic acids is 2. The minimum atomic E-state index is -0.607. The van der Waals surface area contributed by atoms with Gasteiger partial charge in [0.25, 0.3) is 5.91 Å². The molecule has 5 heteroatoms. The summed E-state index contributed by atoms with van der Waals surface area (Å²) in [6.45, 7) is 3.96. The number of hydrogen-bond donors (Lipinski definition) is 2. The van der Waals surface area contributed by atoms with E-state index < -0.39 is 6.04 Å². The van der Waals surface area contributed by atoms with Gasteiger partial charge in [0.15, 0.2) is 0 Å². The molecule has 0 aliphatic carbocycles. The summed E-state index contributed by atoms with van der Waals surface area (Å²) < 4.78 is 0. The minimum Gasteiger partial charge on any atom is -0.350 e. The number of carbonyl (C=O) groups is 2. The van der Waals surface area contributed by atoms with Crippen molar-refractivity contribution in [3.8, 4) is 0 Å². The van der Waals surface area contributed by atoms with Gasteiger partial charge in [0.1, 0.15) is 6.04 Å². The third-order valence-electron chi connectivity index (χ3n) is 3.21. The van der Waals surface area contributed by atoms with E-state index in [0.717, 1.165) is 11.1 Å². The third-order valence-corrected chi connectivity index (χ3v) is 3.21. The van der Waals surface area contributed by atoms with E-state index in [1.807, 2.05) is 31.2 Å². The molecule has 1 aromatic heterocycles. The van der Waals surface area contributed by atoms with Crippen molar-refractivity contribution < 1.29 is 9.59 Å². The van der Waals surface area contributed by atoms with Gasteiger partial charge in [-0.05, 0) is 37.6 Å². The second-order valence-electron chi connectivity index (χ2n) is 5.14. The van der Waals surface area contributed by atoms with Gasteiger partial charge in [-0.25, -0.2) is 0 Å². The van der Waals surface area contributed by atoms with Crippen molar-refractivity contribution >= 4 is 11.8 Å². The summed E-state index contributed by atoms with van der Waals surface area (Å²) in [5.74, 6) is -0.488. The number of nitrogens with one attached hydrogen (secondary N) is 2. The molecule has 2 aromatic rings. The summed E-state index contributed by atoms with van der Waals surface area (Å²) in [6.07, 6.45) is 3.37. The molecule has 2 rings (SSSR count). The van der Waals surface area contributed by atoms with Crippen LogP contribution in [-0.2, 0) is 11.3 Å². The average Bonchev–Trinajstić information content (AvgIpc) is 2.53. The minimum absolute atomic E-state index is 0.232. The molecule has 0 fully saturated rings. The highest BCUT2D eigenvalue weighted by molar-refractivity contribution is 5.97. The summed E-state index contributed by atoms with van der Waals surface area (Å²) >= 11 is 0. The fourth-order valence-corrected chi connectivity index (χ4v) is 1.98. The van der Waals surface area contributed by atoms with Crippen LogP contribution >= 0.6 is 0 Å². The van der Waals surface area contributed by atoms with E-state index in [-0.39, 0.29) is 11.8 Å². The number of aromatic nitrogens is 1. The predicted octanol–water partition coefficient (Wildman–Crippen LogP) is 1.82. The van der Waals surface area contributed by atoms with E-state index in [9.17, 15) is 9.59 Å². The molecule has 2 amide bonds. The van der Waals surface area contributed by atoms with Crippen LogP contribution in [0, 0.1) is 6.92 Å². The van der Waals surface area contributed by atoms with E-state index in [1.165, 1.54) is 0 Å². The van der Waals surface area contributed by atoms with Crippen LogP contribution in [0.5, 0.6) is 0 Å². The Morgan fingerprint density at radius 2 is 2.05 bits per heavy atom. The highest BCUT2D eigenvalue weighted by Gasteiger charge is 2.16. The van der Waals surface area contributed by atoms with Crippen LogP contribution in [0.3, 0.4) is 0 Å². The summed E-state index contributed by atoms with van der Waals surface area (Å²) in [6, 6.07) is 10.3. The lowest BCUT2D eigenvalue weighted by atomic mass is 10.1. The van der Waals surface area contributed by atoms with E-state index >= 15 is 0 Å². The van der Waals surface area contributed by atoms with Crippen LogP contribution in [0.2, 0.25) is 0 Å². The fraction of sp³-hybridized carbons (Fsp3) is 0.235. The molecule has 0 saturated carbocycles. The molecule has 1 heterocycles. The number of pyridine rings is 1. The molecule has 0 radical (unpaired) electrons. The van der Waals surface area contributed by atoms with Gasteiger partial charge >= 0.3 is 0 Å². The van der Waals surface area contributed by atoms with Gasteiger partial charge < -0.3 is 10.6 Å². The Morgan fingerprint density at radius 3 is 2.73 bits per heavy atom. The number of amides is 2.